The van der Waals surface area contributed by atoms with E-state index in [9.17, 15) is 9.90 Å². The molecule has 1 fully saturated rings. The first-order valence-corrected chi connectivity index (χ1v) is 9.31. The second-order valence-corrected chi connectivity index (χ2v) is 7.06. The van der Waals surface area contributed by atoms with Gasteiger partial charge in [-0.25, -0.2) is 0 Å². The Hall–Kier alpha value is -2.75. The Morgan fingerprint density at radius 3 is 2.50 bits per heavy atom. The van der Waals surface area contributed by atoms with Crippen molar-refractivity contribution in [2.75, 3.05) is 13.1 Å². The van der Waals surface area contributed by atoms with Crippen molar-refractivity contribution in [2.45, 2.75) is 31.7 Å². The van der Waals surface area contributed by atoms with E-state index in [2.05, 4.69) is 29.0 Å². The molecule has 1 N–H and O–H groups in total. The van der Waals surface area contributed by atoms with Gasteiger partial charge in [-0.15, -0.1) is 0 Å². The monoisotopic (exact) mass is 348 g/mol. The van der Waals surface area contributed by atoms with Crippen molar-refractivity contribution < 1.29 is 9.90 Å². The molecule has 2 aromatic carbocycles. The van der Waals surface area contributed by atoms with Crippen molar-refractivity contribution in [3.8, 4) is 5.75 Å². The summed E-state index contributed by atoms with van der Waals surface area (Å²) in [5.41, 5.74) is 2.44. The normalized spacial score (nSPS) is 15.5. The van der Waals surface area contributed by atoms with Crippen LogP contribution in [0, 0.1) is 0 Å². The Bertz CT molecular complexity index is 890. The van der Waals surface area contributed by atoms with Crippen molar-refractivity contribution >= 4 is 16.8 Å². The first-order valence-electron chi connectivity index (χ1n) is 9.31. The van der Waals surface area contributed by atoms with E-state index in [4.69, 9.17) is 0 Å². The van der Waals surface area contributed by atoms with E-state index >= 15 is 0 Å². The van der Waals surface area contributed by atoms with E-state index < -0.39 is 0 Å². The summed E-state index contributed by atoms with van der Waals surface area (Å²) < 4.78 is 2.16. The molecule has 1 saturated heterocycles. The molecule has 1 amide bonds. The largest absolute Gasteiger partial charge is 0.508 e. The summed E-state index contributed by atoms with van der Waals surface area (Å²) in [4.78, 5) is 14.6. The maximum Gasteiger partial charge on any atom is 0.224 e. The highest BCUT2D eigenvalue weighted by Gasteiger charge is 2.23. The van der Waals surface area contributed by atoms with Crippen LogP contribution in [-0.2, 0) is 11.3 Å². The molecule has 2 heterocycles. The first kappa shape index (κ1) is 16.7. The summed E-state index contributed by atoms with van der Waals surface area (Å²) in [5.74, 6) is 1.03. The molecule has 0 spiro atoms. The first-order chi connectivity index (χ1) is 12.7. The smallest absolute Gasteiger partial charge is 0.224 e. The zero-order chi connectivity index (χ0) is 17.9. The van der Waals surface area contributed by atoms with Crippen LogP contribution in [0.15, 0.2) is 60.8 Å². The minimum absolute atomic E-state index is 0.243. The Balaban J connectivity index is 1.31. The molecule has 0 atom stereocenters. The number of aryl methyl sites for hydroxylation is 1. The zero-order valence-electron chi connectivity index (χ0n) is 14.8. The number of amides is 1. The highest BCUT2D eigenvalue weighted by atomic mass is 16.3. The molecule has 4 rings (SSSR count). The van der Waals surface area contributed by atoms with Gasteiger partial charge in [0.2, 0.25) is 5.91 Å². The molecule has 0 bridgehead atoms. The Morgan fingerprint density at radius 1 is 1.00 bits per heavy atom. The third-order valence-corrected chi connectivity index (χ3v) is 5.46. The number of hydrogen-bond donors (Lipinski definition) is 1. The third kappa shape index (κ3) is 3.45. The average molecular weight is 348 g/mol. The van der Waals surface area contributed by atoms with Crippen molar-refractivity contribution in [3.63, 3.8) is 0 Å². The molecule has 0 aliphatic carbocycles. The van der Waals surface area contributed by atoms with Crippen LogP contribution in [0.5, 0.6) is 5.75 Å². The van der Waals surface area contributed by atoms with Gasteiger partial charge in [0.25, 0.3) is 0 Å². The minimum Gasteiger partial charge on any atom is -0.508 e. The Labute approximate surface area is 153 Å². The van der Waals surface area contributed by atoms with Gasteiger partial charge < -0.3 is 14.6 Å². The number of piperidine rings is 1. The zero-order valence-corrected chi connectivity index (χ0v) is 14.8. The van der Waals surface area contributed by atoms with Crippen molar-refractivity contribution in [3.05, 3.63) is 66.4 Å². The van der Waals surface area contributed by atoms with Gasteiger partial charge in [-0.1, -0.05) is 30.3 Å². The van der Waals surface area contributed by atoms with E-state index in [-0.39, 0.29) is 5.91 Å². The molecular weight excluding hydrogens is 324 g/mol. The fraction of sp³-hybridized carbons (Fsp3) is 0.318. The number of likely N-dealkylation sites (tertiary alicyclic amines) is 1. The third-order valence-electron chi connectivity index (χ3n) is 5.46. The second kappa shape index (κ2) is 7.24. The fourth-order valence-corrected chi connectivity index (χ4v) is 3.92. The highest BCUT2D eigenvalue weighted by molar-refractivity contribution is 5.80. The van der Waals surface area contributed by atoms with E-state index in [1.165, 1.54) is 16.5 Å². The summed E-state index contributed by atoms with van der Waals surface area (Å²) >= 11 is 0. The van der Waals surface area contributed by atoms with Crippen LogP contribution in [0.2, 0.25) is 0 Å². The Kier molecular flexibility index (Phi) is 4.65. The standard InChI is InChI=1S/C22H24N2O2/c25-20-7-5-17(6-8-20)18-9-14-24(15-10-18)22(26)12-16-23-13-11-19-3-1-2-4-21(19)23/h1-8,11,13,18,25H,9-10,12,14-16H2. The molecule has 1 aromatic heterocycles. The van der Waals surface area contributed by atoms with Gasteiger partial charge in [0.1, 0.15) is 5.75 Å². The number of carbonyl (C=O) groups is 1. The number of phenols is 1. The molecule has 4 nitrogen and oxygen atoms in total. The number of hydrogen-bond acceptors (Lipinski definition) is 2. The maximum atomic E-state index is 12.6. The van der Waals surface area contributed by atoms with E-state index in [1.807, 2.05) is 29.2 Å². The van der Waals surface area contributed by atoms with Crippen LogP contribution in [0.25, 0.3) is 10.9 Å². The predicted octanol–water partition coefficient (Wildman–Crippen LogP) is 4.14. The second-order valence-electron chi connectivity index (χ2n) is 7.06. The minimum atomic E-state index is 0.243. The van der Waals surface area contributed by atoms with Crippen LogP contribution >= 0.6 is 0 Å². The number of para-hydroxylation sites is 1. The number of rotatable bonds is 4. The number of fused-ring (bicyclic) bond motifs is 1. The summed E-state index contributed by atoms with van der Waals surface area (Å²) in [6, 6.07) is 17.9. The van der Waals surface area contributed by atoms with Crippen LogP contribution in [0.3, 0.4) is 0 Å². The molecule has 134 valence electrons. The average Bonchev–Trinajstić information content (AvgIpc) is 3.10. The van der Waals surface area contributed by atoms with Gasteiger partial charge in [0, 0.05) is 37.8 Å². The Morgan fingerprint density at radius 2 is 1.73 bits per heavy atom. The lowest BCUT2D eigenvalue weighted by atomic mass is 9.89. The molecule has 3 aromatic rings. The number of carbonyl (C=O) groups excluding carboxylic acids is 1. The number of nitrogens with zero attached hydrogens (tertiary/aromatic N) is 2. The lowest BCUT2D eigenvalue weighted by Crippen LogP contribution is -2.38. The van der Waals surface area contributed by atoms with Crippen molar-refractivity contribution in [1.29, 1.82) is 0 Å². The SMILES string of the molecule is O=C(CCn1ccc2ccccc21)N1CCC(c2ccc(O)cc2)CC1. The number of aromatic hydroxyl groups is 1. The van der Waals surface area contributed by atoms with E-state index in [0.29, 0.717) is 18.1 Å². The van der Waals surface area contributed by atoms with Gasteiger partial charge in [-0.3, -0.25) is 4.79 Å². The number of phenolic OH excluding ortho intramolecular Hbond substituents is 1. The summed E-state index contributed by atoms with van der Waals surface area (Å²) in [5, 5.41) is 10.6. The molecule has 0 saturated carbocycles. The van der Waals surface area contributed by atoms with E-state index in [0.717, 1.165) is 32.5 Å². The summed E-state index contributed by atoms with van der Waals surface area (Å²) in [6.45, 7) is 2.36. The topological polar surface area (TPSA) is 45.5 Å². The van der Waals surface area contributed by atoms with Gasteiger partial charge in [0.05, 0.1) is 0 Å². The van der Waals surface area contributed by atoms with Crippen LogP contribution in [0.4, 0.5) is 0 Å². The molecule has 1 aliphatic heterocycles. The van der Waals surface area contributed by atoms with Crippen LogP contribution in [-0.4, -0.2) is 33.6 Å². The molecule has 1 aliphatic rings. The van der Waals surface area contributed by atoms with E-state index in [1.54, 1.807) is 12.1 Å². The maximum absolute atomic E-state index is 12.6. The van der Waals surface area contributed by atoms with Gasteiger partial charge in [-0.2, -0.15) is 0 Å². The summed E-state index contributed by atoms with van der Waals surface area (Å²) in [6.07, 6.45) is 4.59. The predicted molar refractivity (Wildman–Crippen MR) is 103 cm³/mol. The van der Waals surface area contributed by atoms with Gasteiger partial charge in [-0.05, 0) is 54.0 Å². The van der Waals surface area contributed by atoms with Crippen LogP contribution in [0.1, 0.15) is 30.7 Å². The van der Waals surface area contributed by atoms with Crippen molar-refractivity contribution in [2.24, 2.45) is 0 Å². The van der Waals surface area contributed by atoms with Crippen LogP contribution < -0.4 is 0 Å². The van der Waals surface area contributed by atoms with Gasteiger partial charge >= 0.3 is 0 Å². The fourth-order valence-electron chi connectivity index (χ4n) is 3.92. The lowest BCUT2D eigenvalue weighted by molar-refractivity contribution is -0.132. The number of aromatic nitrogens is 1. The highest BCUT2D eigenvalue weighted by Crippen LogP contribution is 2.29. The lowest BCUT2D eigenvalue weighted by Gasteiger charge is -2.32. The quantitative estimate of drug-likeness (QED) is 0.770. The molecule has 26 heavy (non-hydrogen) atoms. The van der Waals surface area contributed by atoms with Gasteiger partial charge in [0.15, 0.2) is 0 Å². The molecule has 0 unspecified atom stereocenters. The number of benzene rings is 2. The summed E-state index contributed by atoms with van der Waals surface area (Å²) in [7, 11) is 0. The molecule has 0 radical (unpaired) electrons. The molecular formula is C22H24N2O2. The van der Waals surface area contributed by atoms with Crippen molar-refractivity contribution in [1.82, 2.24) is 9.47 Å². The molecule has 4 heteroatoms.